The van der Waals surface area contributed by atoms with Crippen molar-refractivity contribution in [3.63, 3.8) is 0 Å². The summed E-state index contributed by atoms with van der Waals surface area (Å²) < 4.78 is 55.9. The van der Waals surface area contributed by atoms with E-state index in [1.165, 1.54) is 18.2 Å². The third kappa shape index (κ3) is 4.33. The molecule has 0 spiro atoms. The lowest BCUT2D eigenvalue weighted by atomic mass is 9.94. The number of halogens is 4. The Labute approximate surface area is 121 Å². The van der Waals surface area contributed by atoms with Gasteiger partial charge in [0.15, 0.2) is 0 Å². The monoisotopic (exact) mass is 296 g/mol. The first-order valence-electron chi connectivity index (χ1n) is 6.35. The molecule has 1 nitrogen and oxygen atoms in total. The van der Waals surface area contributed by atoms with E-state index >= 15 is 0 Å². The van der Waals surface area contributed by atoms with E-state index in [-0.39, 0.29) is 19.0 Å². The van der Waals surface area contributed by atoms with Crippen molar-refractivity contribution in [1.82, 2.24) is 0 Å². The molecular weight excluding hydrogens is 283 g/mol. The highest BCUT2D eigenvalue weighted by molar-refractivity contribution is 6.32. The average molecular weight is 296 g/mol. The Bertz CT molecular complexity index is 608. The van der Waals surface area contributed by atoms with E-state index in [1.807, 2.05) is 0 Å². The van der Waals surface area contributed by atoms with E-state index in [0.29, 0.717) is 16.6 Å². The highest BCUT2D eigenvalue weighted by Gasteiger charge is 2.29. The molecule has 0 heterocycles. The molecule has 0 saturated heterocycles. The van der Waals surface area contributed by atoms with Crippen LogP contribution in [-0.2, 0) is 24.1 Å². The van der Waals surface area contributed by atoms with Gasteiger partial charge >= 0.3 is 6.18 Å². The predicted octanol–water partition coefficient (Wildman–Crippen LogP) is 2.82. The van der Waals surface area contributed by atoms with Crippen LogP contribution in [0.4, 0.5) is 17.6 Å². The first-order chi connectivity index (χ1) is 9.86. The van der Waals surface area contributed by atoms with Crippen LogP contribution in [-0.4, -0.2) is 7.85 Å². The number of benzene rings is 2. The summed E-state index contributed by atoms with van der Waals surface area (Å²) in [6.07, 6.45) is -4.33. The molecule has 0 aromatic heterocycles. The van der Waals surface area contributed by atoms with Gasteiger partial charge in [0.2, 0.25) is 0 Å². The molecule has 21 heavy (non-hydrogen) atoms. The highest BCUT2D eigenvalue weighted by atomic mass is 19.4. The minimum atomic E-state index is -4.33. The average Bonchev–Trinajstić information content (AvgIpc) is 2.42. The van der Waals surface area contributed by atoms with Crippen molar-refractivity contribution in [3.8, 4) is 0 Å². The Morgan fingerprint density at radius 2 is 1.48 bits per heavy atom. The lowest BCUT2D eigenvalue weighted by Crippen LogP contribution is -2.08. The van der Waals surface area contributed by atoms with Gasteiger partial charge < -0.3 is 4.74 Å². The van der Waals surface area contributed by atoms with Gasteiger partial charge in [0, 0.05) is 0 Å². The van der Waals surface area contributed by atoms with E-state index in [2.05, 4.69) is 0 Å². The van der Waals surface area contributed by atoms with Crippen LogP contribution in [0, 0.1) is 5.82 Å². The molecule has 6 heteroatoms. The van der Waals surface area contributed by atoms with Crippen molar-refractivity contribution in [1.29, 1.82) is 0 Å². The normalized spacial score (nSPS) is 11.6. The van der Waals surface area contributed by atoms with E-state index in [4.69, 9.17) is 4.74 Å². The van der Waals surface area contributed by atoms with Gasteiger partial charge in [-0.25, -0.2) is 4.39 Å². The minimum Gasteiger partial charge on any atom is -0.372 e. The fourth-order valence-corrected chi connectivity index (χ4v) is 1.80. The zero-order valence-corrected chi connectivity index (χ0v) is 11.4. The standard InChI is InChI=1S/C15H13BF4O/c16-13-6-3-11(7-14(13)17)9-21-8-10-1-4-12(5-2-10)15(18,19)20/h1-7H,8-9,16H2. The molecule has 0 N–H and O–H groups in total. The molecule has 0 amide bonds. The van der Waals surface area contributed by atoms with Gasteiger partial charge in [-0.15, -0.1) is 0 Å². The smallest absolute Gasteiger partial charge is 0.372 e. The number of ether oxygens (including phenoxy) is 1. The fraction of sp³-hybridized carbons (Fsp3) is 0.200. The molecule has 0 aliphatic rings. The summed E-state index contributed by atoms with van der Waals surface area (Å²) in [5, 5.41) is 0. The van der Waals surface area contributed by atoms with E-state index < -0.39 is 11.7 Å². The maximum Gasteiger partial charge on any atom is 0.416 e. The topological polar surface area (TPSA) is 9.23 Å². The van der Waals surface area contributed by atoms with E-state index in [1.54, 1.807) is 20.0 Å². The SMILES string of the molecule is Bc1ccc(COCc2ccc(C(F)(F)F)cc2)cc1F. The number of hydrogen-bond acceptors (Lipinski definition) is 1. The maximum atomic E-state index is 13.3. The second kappa shape index (κ2) is 6.31. The molecule has 0 aliphatic carbocycles. The zero-order valence-electron chi connectivity index (χ0n) is 11.4. The van der Waals surface area contributed by atoms with Gasteiger partial charge in [0.25, 0.3) is 0 Å². The molecule has 0 unspecified atom stereocenters. The summed E-state index contributed by atoms with van der Waals surface area (Å²) in [5.74, 6) is -0.300. The summed E-state index contributed by atoms with van der Waals surface area (Å²) in [7, 11) is 1.67. The Morgan fingerprint density at radius 1 is 0.905 bits per heavy atom. The summed E-state index contributed by atoms with van der Waals surface area (Å²) >= 11 is 0. The van der Waals surface area contributed by atoms with Crippen LogP contribution in [0.3, 0.4) is 0 Å². The molecule has 0 aliphatic heterocycles. The van der Waals surface area contributed by atoms with Crippen LogP contribution in [0.5, 0.6) is 0 Å². The molecular formula is C15H13BF4O. The number of hydrogen-bond donors (Lipinski definition) is 0. The summed E-state index contributed by atoms with van der Waals surface area (Å²) in [6, 6.07) is 9.59. The van der Waals surface area contributed by atoms with Crippen molar-refractivity contribution in [2.24, 2.45) is 0 Å². The van der Waals surface area contributed by atoms with Crippen molar-refractivity contribution in [3.05, 3.63) is 65.0 Å². The van der Waals surface area contributed by atoms with Crippen molar-refractivity contribution in [2.45, 2.75) is 19.4 Å². The van der Waals surface area contributed by atoms with Crippen LogP contribution >= 0.6 is 0 Å². The lowest BCUT2D eigenvalue weighted by Gasteiger charge is -2.08. The summed E-state index contributed by atoms with van der Waals surface area (Å²) in [6.45, 7) is 0.381. The second-order valence-corrected chi connectivity index (χ2v) is 4.77. The van der Waals surface area contributed by atoms with Gasteiger partial charge in [-0.05, 0) is 29.3 Å². The van der Waals surface area contributed by atoms with Crippen LogP contribution in [0.25, 0.3) is 0 Å². The van der Waals surface area contributed by atoms with Crippen LogP contribution in [0.1, 0.15) is 16.7 Å². The lowest BCUT2D eigenvalue weighted by molar-refractivity contribution is -0.137. The Hall–Kier alpha value is -1.82. The number of rotatable bonds is 4. The van der Waals surface area contributed by atoms with Gasteiger partial charge in [0.05, 0.1) is 18.8 Å². The van der Waals surface area contributed by atoms with E-state index in [9.17, 15) is 17.6 Å². The summed E-state index contributed by atoms with van der Waals surface area (Å²) in [4.78, 5) is 0. The number of alkyl halides is 3. The first-order valence-corrected chi connectivity index (χ1v) is 6.35. The third-order valence-electron chi connectivity index (χ3n) is 3.05. The van der Waals surface area contributed by atoms with Gasteiger partial charge in [-0.3, -0.25) is 0 Å². The minimum absolute atomic E-state index is 0.174. The predicted molar refractivity (Wildman–Crippen MR) is 74.5 cm³/mol. The molecule has 0 atom stereocenters. The molecule has 110 valence electrons. The van der Waals surface area contributed by atoms with Crippen molar-refractivity contribution < 1.29 is 22.3 Å². The van der Waals surface area contributed by atoms with Gasteiger partial charge in [-0.1, -0.05) is 29.7 Å². The molecule has 0 radical (unpaired) electrons. The molecule has 2 aromatic carbocycles. The molecule has 0 bridgehead atoms. The van der Waals surface area contributed by atoms with Gasteiger partial charge in [-0.2, -0.15) is 13.2 Å². The fourth-order valence-electron chi connectivity index (χ4n) is 1.80. The molecule has 0 saturated carbocycles. The largest absolute Gasteiger partial charge is 0.416 e. The van der Waals surface area contributed by atoms with Crippen molar-refractivity contribution in [2.75, 3.05) is 0 Å². The highest BCUT2D eigenvalue weighted by Crippen LogP contribution is 2.29. The maximum absolute atomic E-state index is 13.3. The quantitative estimate of drug-likeness (QED) is 0.623. The molecule has 2 aromatic rings. The third-order valence-corrected chi connectivity index (χ3v) is 3.05. The first kappa shape index (κ1) is 15.6. The Morgan fingerprint density at radius 3 is 2.05 bits per heavy atom. The van der Waals surface area contributed by atoms with Gasteiger partial charge in [0.1, 0.15) is 13.7 Å². The van der Waals surface area contributed by atoms with Crippen LogP contribution in [0.15, 0.2) is 42.5 Å². The van der Waals surface area contributed by atoms with Crippen LogP contribution in [0.2, 0.25) is 0 Å². The Kier molecular flexibility index (Phi) is 4.68. The zero-order chi connectivity index (χ0) is 15.5. The van der Waals surface area contributed by atoms with E-state index in [0.717, 1.165) is 12.1 Å². The van der Waals surface area contributed by atoms with Crippen LogP contribution < -0.4 is 5.46 Å². The molecule has 2 rings (SSSR count). The van der Waals surface area contributed by atoms with Crippen molar-refractivity contribution >= 4 is 13.3 Å². The Balaban J connectivity index is 1.90. The summed E-state index contributed by atoms with van der Waals surface area (Å²) in [5.41, 5.74) is 1.19. The second-order valence-electron chi connectivity index (χ2n) is 4.77. The molecule has 0 fully saturated rings.